The van der Waals surface area contributed by atoms with Gasteiger partial charge in [0.25, 0.3) is 0 Å². The Morgan fingerprint density at radius 3 is 2.63 bits per heavy atom. The van der Waals surface area contributed by atoms with Gasteiger partial charge in [-0.3, -0.25) is 4.79 Å². The molecule has 2 N–H and O–H groups in total. The lowest BCUT2D eigenvalue weighted by atomic mass is 9.89. The minimum absolute atomic E-state index is 0.0969. The highest BCUT2D eigenvalue weighted by atomic mass is 16.5. The summed E-state index contributed by atoms with van der Waals surface area (Å²) in [4.78, 5) is 14.2. The number of hydrogen-bond donors (Lipinski definition) is 1. The molecule has 1 aromatic carbocycles. The van der Waals surface area contributed by atoms with Crippen molar-refractivity contribution in [3.8, 4) is 5.75 Å². The Morgan fingerprint density at radius 2 is 2.00 bits per heavy atom. The number of para-hydroxylation sites is 2. The molecular formula is C14H20N2O3. The van der Waals surface area contributed by atoms with Crippen LogP contribution in [-0.4, -0.2) is 38.8 Å². The first kappa shape index (κ1) is 13.8. The zero-order valence-electron chi connectivity index (χ0n) is 11.4. The number of ether oxygens (including phenoxy) is 2. The Bertz CT molecular complexity index is 456. The number of nitrogens with two attached hydrogens (primary N) is 1. The summed E-state index contributed by atoms with van der Waals surface area (Å²) in [5.74, 6) is 0.564. The molecule has 1 aromatic rings. The quantitative estimate of drug-likeness (QED) is 0.890. The van der Waals surface area contributed by atoms with Gasteiger partial charge in [0.2, 0.25) is 5.91 Å². The fourth-order valence-electron chi connectivity index (χ4n) is 2.30. The summed E-state index contributed by atoms with van der Waals surface area (Å²) in [5, 5.41) is 0. The van der Waals surface area contributed by atoms with Gasteiger partial charge in [-0.1, -0.05) is 12.1 Å². The normalized spacial score (nSPS) is 17.8. The van der Waals surface area contributed by atoms with E-state index in [9.17, 15) is 4.79 Å². The molecule has 1 saturated heterocycles. The van der Waals surface area contributed by atoms with Crippen molar-refractivity contribution in [2.75, 3.05) is 32.3 Å². The maximum absolute atomic E-state index is 12.6. The Kier molecular flexibility index (Phi) is 4.07. The summed E-state index contributed by atoms with van der Waals surface area (Å²) in [7, 11) is 3.31. The van der Waals surface area contributed by atoms with Gasteiger partial charge in [-0.15, -0.1) is 0 Å². The number of carbonyl (C=O) groups is 1. The number of anilines is 1. The van der Waals surface area contributed by atoms with Crippen LogP contribution in [0.4, 0.5) is 5.69 Å². The molecule has 1 fully saturated rings. The van der Waals surface area contributed by atoms with E-state index in [1.54, 1.807) is 19.1 Å². The number of carbonyl (C=O) groups excluding carboxylic acids is 1. The van der Waals surface area contributed by atoms with Crippen molar-refractivity contribution in [2.45, 2.75) is 18.4 Å². The Morgan fingerprint density at radius 1 is 1.37 bits per heavy atom. The highest BCUT2D eigenvalue weighted by Crippen LogP contribution is 2.30. The van der Waals surface area contributed by atoms with Gasteiger partial charge in [-0.25, -0.2) is 0 Å². The number of rotatable bonds is 3. The second-order valence-corrected chi connectivity index (χ2v) is 4.80. The average molecular weight is 264 g/mol. The molecule has 0 unspecified atom stereocenters. The number of methoxy groups -OCH3 is 1. The molecule has 0 aliphatic carbocycles. The monoisotopic (exact) mass is 264 g/mol. The van der Waals surface area contributed by atoms with Crippen molar-refractivity contribution in [1.82, 2.24) is 0 Å². The third kappa shape index (κ3) is 2.72. The number of hydrogen-bond acceptors (Lipinski definition) is 4. The molecule has 5 nitrogen and oxygen atoms in total. The predicted octanol–water partition coefficient (Wildman–Crippen LogP) is 1.17. The van der Waals surface area contributed by atoms with Gasteiger partial charge in [0.1, 0.15) is 11.3 Å². The summed E-state index contributed by atoms with van der Waals surface area (Å²) < 4.78 is 10.5. The summed E-state index contributed by atoms with van der Waals surface area (Å²) in [5.41, 5.74) is 6.11. The summed E-state index contributed by atoms with van der Waals surface area (Å²) >= 11 is 0. The maximum Gasteiger partial charge on any atom is 0.247 e. The van der Waals surface area contributed by atoms with Gasteiger partial charge in [0.05, 0.1) is 12.8 Å². The van der Waals surface area contributed by atoms with E-state index in [4.69, 9.17) is 15.2 Å². The Balaban J connectivity index is 2.23. The zero-order chi connectivity index (χ0) is 13.9. The average Bonchev–Trinajstić information content (AvgIpc) is 2.46. The Hall–Kier alpha value is -1.59. The molecule has 0 radical (unpaired) electrons. The fraction of sp³-hybridized carbons (Fsp3) is 0.500. The van der Waals surface area contributed by atoms with Crippen LogP contribution in [-0.2, 0) is 9.53 Å². The molecule has 2 rings (SSSR count). The molecule has 0 bridgehead atoms. The fourth-order valence-corrected chi connectivity index (χ4v) is 2.30. The summed E-state index contributed by atoms with van der Waals surface area (Å²) in [6.07, 6.45) is 1.09. The third-order valence-electron chi connectivity index (χ3n) is 3.56. The summed E-state index contributed by atoms with van der Waals surface area (Å²) in [6, 6.07) is 7.41. The van der Waals surface area contributed by atoms with Gasteiger partial charge in [0.15, 0.2) is 0 Å². The zero-order valence-corrected chi connectivity index (χ0v) is 11.4. The van der Waals surface area contributed by atoms with Crippen LogP contribution in [0.25, 0.3) is 0 Å². The highest BCUT2D eigenvalue weighted by molar-refractivity contribution is 6.00. The molecule has 104 valence electrons. The van der Waals surface area contributed by atoms with E-state index in [0.717, 1.165) is 5.69 Å². The molecule has 1 heterocycles. The standard InChI is InChI=1S/C14H20N2O3/c1-16(11-5-3-4-6-12(11)18-2)13(17)14(15)7-9-19-10-8-14/h3-6H,7-10,15H2,1-2H3. The highest BCUT2D eigenvalue weighted by Gasteiger charge is 2.38. The van der Waals surface area contributed by atoms with E-state index in [0.29, 0.717) is 31.8 Å². The van der Waals surface area contributed by atoms with E-state index in [-0.39, 0.29) is 5.91 Å². The predicted molar refractivity (Wildman–Crippen MR) is 73.4 cm³/mol. The van der Waals surface area contributed by atoms with Gasteiger partial charge in [-0.05, 0) is 25.0 Å². The van der Waals surface area contributed by atoms with Crippen molar-refractivity contribution in [3.63, 3.8) is 0 Å². The molecule has 5 heteroatoms. The van der Waals surface area contributed by atoms with Crippen LogP contribution < -0.4 is 15.4 Å². The number of benzene rings is 1. The number of nitrogens with zero attached hydrogens (tertiary/aromatic N) is 1. The SMILES string of the molecule is COc1ccccc1N(C)C(=O)C1(N)CCOCC1. The van der Waals surface area contributed by atoms with Gasteiger partial charge < -0.3 is 20.1 Å². The van der Waals surface area contributed by atoms with Crippen molar-refractivity contribution in [1.29, 1.82) is 0 Å². The molecule has 19 heavy (non-hydrogen) atoms. The lowest BCUT2D eigenvalue weighted by Crippen LogP contribution is -2.57. The van der Waals surface area contributed by atoms with Crippen LogP contribution in [0.5, 0.6) is 5.75 Å². The minimum Gasteiger partial charge on any atom is -0.495 e. The molecule has 1 aliphatic heterocycles. The summed E-state index contributed by atoms with van der Waals surface area (Å²) in [6.45, 7) is 1.06. The lowest BCUT2D eigenvalue weighted by Gasteiger charge is -2.35. The molecule has 0 saturated carbocycles. The van der Waals surface area contributed by atoms with Crippen LogP contribution in [0.3, 0.4) is 0 Å². The molecule has 1 aliphatic rings. The van der Waals surface area contributed by atoms with Crippen LogP contribution >= 0.6 is 0 Å². The minimum atomic E-state index is -0.839. The van der Waals surface area contributed by atoms with Crippen molar-refractivity contribution in [3.05, 3.63) is 24.3 Å². The van der Waals surface area contributed by atoms with E-state index in [2.05, 4.69) is 0 Å². The molecule has 0 spiro atoms. The molecule has 0 aromatic heterocycles. The smallest absolute Gasteiger partial charge is 0.247 e. The van der Waals surface area contributed by atoms with Gasteiger partial charge in [-0.2, -0.15) is 0 Å². The van der Waals surface area contributed by atoms with Crippen molar-refractivity contribution in [2.24, 2.45) is 5.73 Å². The van der Waals surface area contributed by atoms with Crippen molar-refractivity contribution < 1.29 is 14.3 Å². The van der Waals surface area contributed by atoms with Crippen LogP contribution in [0, 0.1) is 0 Å². The largest absolute Gasteiger partial charge is 0.495 e. The lowest BCUT2D eigenvalue weighted by molar-refractivity contribution is -0.126. The first-order valence-corrected chi connectivity index (χ1v) is 6.36. The maximum atomic E-state index is 12.6. The van der Waals surface area contributed by atoms with E-state index in [1.807, 2.05) is 24.3 Å². The van der Waals surface area contributed by atoms with E-state index < -0.39 is 5.54 Å². The second-order valence-electron chi connectivity index (χ2n) is 4.80. The van der Waals surface area contributed by atoms with Crippen LogP contribution in [0.15, 0.2) is 24.3 Å². The topological polar surface area (TPSA) is 64.8 Å². The molecular weight excluding hydrogens is 244 g/mol. The van der Waals surface area contributed by atoms with E-state index >= 15 is 0 Å². The van der Waals surface area contributed by atoms with Crippen LogP contribution in [0.1, 0.15) is 12.8 Å². The number of likely N-dealkylation sites (N-methyl/N-ethyl adjacent to an activating group) is 1. The van der Waals surface area contributed by atoms with Crippen molar-refractivity contribution >= 4 is 11.6 Å². The second kappa shape index (κ2) is 5.59. The first-order valence-electron chi connectivity index (χ1n) is 6.36. The third-order valence-corrected chi connectivity index (χ3v) is 3.56. The number of amides is 1. The van der Waals surface area contributed by atoms with E-state index in [1.165, 1.54) is 0 Å². The van der Waals surface area contributed by atoms with Gasteiger partial charge >= 0.3 is 0 Å². The molecule has 1 amide bonds. The Labute approximate surface area is 113 Å². The molecule has 0 atom stereocenters. The van der Waals surface area contributed by atoms with Gasteiger partial charge in [0, 0.05) is 20.3 Å². The first-order chi connectivity index (χ1) is 9.08. The van der Waals surface area contributed by atoms with Crippen LogP contribution in [0.2, 0.25) is 0 Å².